The highest BCUT2D eigenvalue weighted by atomic mass is 16.3. The lowest BCUT2D eigenvalue weighted by molar-refractivity contribution is 0.160. The molecule has 0 saturated carbocycles. The molecule has 6 heteroatoms. The van der Waals surface area contributed by atoms with Gasteiger partial charge in [0, 0.05) is 51.1 Å². The van der Waals surface area contributed by atoms with Crippen molar-refractivity contribution >= 4 is 17.4 Å². The van der Waals surface area contributed by atoms with Gasteiger partial charge in [0.25, 0.3) is 0 Å². The topological polar surface area (TPSA) is 67.8 Å². The monoisotopic (exact) mass is 348 g/mol. The lowest BCUT2D eigenvalue weighted by Crippen LogP contribution is -2.48. The number of piperidine rings is 1. The van der Waals surface area contributed by atoms with Gasteiger partial charge >= 0.3 is 6.03 Å². The fourth-order valence-corrected chi connectivity index (χ4v) is 3.04. The maximum absolute atomic E-state index is 11.9. The number of carbonyl (C=O) groups is 1. The van der Waals surface area contributed by atoms with Gasteiger partial charge in [0.05, 0.1) is 6.10 Å². The van der Waals surface area contributed by atoms with Crippen LogP contribution in [0.25, 0.3) is 0 Å². The number of hydrogen-bond donors (Lipinski definition) is 3. The molecule has 1 heterocycles. The van der Waals surface area contributed by atoms with Gasteiger partial charge in [-0.05, 0) is 49.9 Å². The molecule has 1 atom stereocenters. The van der Waals surface area contributed by atoms with E-state index in [1.807, 2.05) is 21.0 Å². The van der Waals surface area contributed by atoms with Gasteiger partial charge < -0.3 is 25.5 Å². The Morgan fingerprint density at radius 3 is 2.48 bits per heavy atom. The molecule has 140 valence electrons. The van der Waals surface area contributed by atoms with E-state index in [9.17, 15) is 9.90 Å². The lowest BCUT2D eigenvalue weighted by Gasteiger charge is -2.34. The zero-order valence-electron chi connectivity index (χ0n) is 15.7. The minimum atomic E-state index is -0.331. The van der Waals surface area contributed by atoms with Gasteiger partial charge in [-0.3, -0.25) is 0 Å². The summed E-state index contributed by atoms with van der Waals surface area (Å²) in [6.45, 7) is 4.34. The van der Waals surface area contributed by atoms with Crippen LogP contribution in [0.15, 0.2) is 24.3 Å². The molecule has 0 spiro atoms. The largest absolute Gasteiger partial charge is 0.393 e. The Balaban J connectivity index is 1.71. The Morgan fingerprint density at radius 1 is 1.28 bits per heavy atom. The van der Waals surface area contributed by atoms with Crippen molar-refractivity contribution in [2.24, 2.45) is 0 Å². The second kappa shape index (κ2) is 9.51. The number of amides is 2. The summed E-state index contributed by atoms with van der Waals surface area (Å²) in [5, 5.41) is 15.4. The van der Waals surface area contributed by atoms with Gasteiger partial charge in [-0.15, -0.1) is 0 Å². The molecule has 1 aromatic rings. The average molecular weight is 348 g/mol. The predicted molar refractivity (Wildman–Crippen MR) is 103 cm³/mol. The molecule has 1 fully saturated rings. The number of urea groups is 1. The molecule has 6 nitrogen and oxygen atoms in total. The number of aliphatic hydroxyl groups is 1. The van der Waals surface area contributed by atoms with Gasteiger partial charge in [-0.25, -0.2) is 4.79 Å². The van der Waals surface area contributed by atoms with Crippen LogP contribution >= 0.6 is 0 Å². The van der Waals surface area contributed by atoms with Crippen molar-refractivity contribution in [1.29, 1.82) is 0 Å². The van der Waals surface area contributed by atoms with Crippen LogP contribution < -0.4 is 20.4 Å². The van der Waals surface area contributed by atoms with Crippen LogP contribution in [0, 0.1) is 0 Å². The molecule has 3 N–H and O–H groups in total. The molecule has 0 bridgehead atoms. The van der Waals surface area contributed by atoms with Crippen LogP contribution in [0.5, 0.6) is 0 Å². The van der Waals surface area contributed by atoms with Crippen LogP contribution in [0.4, 0.5) is 16.2 Å². The highest BCUT2D eigenvalue weighted by Gasteiger charge is 2.20. The molecular weight excluding hydrogens is 316 g/mol. The molecule has 1 saturated heterocycles. The van der Waals surface area contributed by atoms with Gasteiger partial charge in [0.15, 0.2) is 0 Å². The maximum Gasteiger partial charge on any atom is 0.315 e. The molecule has 1 aliphatic rings. The second-order valence-electron chi connectivity index (χ2n) is 6.92. The van der Waals surface area contributed by atoms with Crippen molar-refractivity contribution < 1.29 is 9.90 Å². The molecular formula is C19H32N4O2. The Kier molecular flexibility index (Phi) is 7.37. The number of nitrogens with zero attached hydrogens (tertiary/aromatic N) is 2. The first-order chi connectivity index (χ1) is 12.0. The third-order valence-corrected chi connectivity index (χ3v) is 4.80. The summed E-state index contributed by atoms with van der Waals surface area (Å²) >= 11 is 0. The summed E-state index contributed by atoms with van der Waals surface area (Å²) in [7, 11) is 4.08. The maximum atomic E-state index is 11.9. The fraction of sp³-hybridized carbons (Fsp3) is 0.632. The fourth-order valence-electron chi connectivity index (χ4n) is 3.04. The number of rotatable bonds is 7. The third kappa shape index (κ3) is 6.12. The van der Waals surface area contributed by atoms with E-state index in [1.54, 1.807) is 0 Å². The van der Waals surface area contributed by atoms with Crippen LogP contribution in [0.2, 0.25) is 0 Å². The standard InChI is InChI=1S/C19H32N4O2/c1-4-18(24)9-12-20-19(25)21-15-10-13-23(14-11-15)17-7-5-16(6-8-17)22(2)3/h5-8,15,18,24H,4,9-14H2,1-3H3,(H2,20,21,25). The van der Waals surface area contributed by atoms with Gasteiger partial charge in [0.1, 0.15) is 0 Å². The van der Waals surface area contributed by atoms with Crippen molar-refractivity contribution in [2.45, 2.75) is 44.8 Å². The van der Waals surface area contributed by atoms with E-state index >= 15 is 0 Å². The second-order valence-corrected chi connectivity index (χ2v) is 6.92. The Hall–Kier alpha value is -1.95. The summed E-state index contributed by atoms with van der Waals surface area (Å²) in [5.41, 5.74) is 2.44. The first kappa shape index (κ1) is 19.4. The van der Waals surface area contributed by atoms with Crippen molar-refractivity contribution in [3.05, 3.63) is 24.3 Å². The Bertz CT molecular complexity index is 525. The van der Waals surface area contributed by atoms with E-state index in [0.717, 1.165) is 32.4 Å². The van der Waals surface area contributed by atoms with E-state index in [1.165, 1.54) is 11.4 Å². The van der Waals surface area contributed by atoms with E-state index in [0.29, 0.717) is 13.0 Å². The Labute approximate surface area is 151 Å². The van der Waals surface area contributed by atoms with Crippen LogP contribution in [-0.4, -0.2) is 57.0 Å². The molecule has 1 unspecified atom stereocenters. The molecule has 2 amide bonds. The number of aliphatic hydroxyl groups excluding tert-OH is 1. The van der Waals surface area contributed by atoms with E-state index in [-0.39, 0.29) is 18.2 Å². The molecule has 1 aromatic carbocycles. The third-order valence-electron chi connectivity index (χ3n) is 4.80. The highest BCUT2D eigenvalue weighted by molar-refractivity contribution is 5.74. The van der Waals surface area contributed by atoms with E-state index in [4.69, 9.17) is 0 Å². The number of anilines is 2. The molecule has 0 aromatic heterocycles. The minimum absolute atomic E-state index is 0.128. The molecule has 0 aliphatic carbocycles. The van der Waals surface area contributed by atoms with Gasteiger partial charge in [-0.2, -0.15) is 0 Å². The first-order valence-electron chi connectivity index (χ1n) is 9.24. The smallest absolute Gasteiger partial charge is 0.315 e. The van der Waals surface area contributed by atoms with Crippen LogP contribution in [-0.2, 0) is 0 Å². The number of nitrogens with one attached hydrogen (secondary N) is 2. The summed E-state index contributed by atoms with van der Waals surface area (Å²) in [4.78, 5) is 16.4. The van der Waals surface area contributed by atoms with Crippen LogP contribution in [0.3, 0.4) is 0 Å². The minimum Gasteiger partial charge on any atom is -0.393 e. The van der Waals surface area contributed by atoms with Crippen molar-refractivity contribution in [2.75, 3.05) is 43.5 Å². The molecule has 25 heavy (non-hydrogen) atoms. The van der Waals surface area contributed by atoms with E-state index in [2.05, 4.69) is 44.7 Å². The quantitative estimate of drug-likeness (QED) is 0.706. The summed E-state index contributed by atoms with van der Waals surface area (Å²) in [5.74, 6) is 0. The van der Waals surface area contributed by atoms with Gasteiger partial charge in [-0.1, -0.05) is 6.92 Å². The summed E-state index contributed by atoms with van der Waals surface area (Å²) in [6, 6.07) is 8.68. The highest BCUT2D eigenvalue weighted by Crippen LogP contribution is 2.22. The normalized spacial score (nSPS) is 16.4. The SMILES string of the molecule is CCC(O)CCNC(=O)NC1CCN(c2ccc(N(C)C)cc2)CC1. The van der Waals surface area contributed by atoms with Crippen LogP contribution in [0.1, 0.15) is 32.6 Å². The first-order valence-corrected chi connectivity index (χ1v) is 9.24. The molecule has 0 radical (unpaired) electrons. The molecule has 1 aliphatic heterocycles. The number of benzene rings is 1. The summed E-state index contributed by atoms with van der Waals surface area (Å²) < 4.78 is 0. The zero-order chi connectivity index (χ0) is 18.2. The van der Waals surface area contributed by atoms with Crippen molar-refractivity contribution in [3.63, 3.8) is 0 Å². The predicted octanol–water partition coefficient (Wildman–Crippen LogP) is 2.18. The van der Waals surface area contributed by atoms with E-state index < -0.39 is 0 Å². The average Bonchev–Trinajstić information content (AvgIpc) is 2.62. The lowest BCUT2D eigenvalue weighted by atomic mass is 10.0. The number of carbonyl (C=O) groups excluding carboxylic acids is 1. The Morgan fingerprint density at radius 2 is 1.92 bits per heavy atom. The van der Waals surface area contributed by atoms with Gasteiger partial charge in [0.2, 0.25) is 0 Å². The van der Waals surface area contributed by atoms with Crippen molar-refractivity contribution in [3.8, 4) is 0 Å². The zero-order valence-corrected chi connectivity index (χ0v) is 15.7. The molecule has 2 rings (SSSR count). The van der Waals surface area contributed by atoms with Crippen molar-refractivity contribution in [1.82, 2.24) is 10.6 Å². The number of hydrogen-bond acceptors (Lipinski definition) is 4. The summed E-state index contributed by atoms with van der Waals surface area (Å²) in [6.07, 6.45) is 2.88.